The van der Waals surface area contributed by atoms with Crippen LogP contribution in [0.1, 0.15) is 57.6 Å². The minimum absolute atomic E-state index is 0.0424. The van der Waals surface area contributed by atoms with E-state index in [0.29, 0.717) is 36.9 Å². The molecular weight excluding hydrogens is 488 g/mol. The van der Waals surface area contributed by atoms with Gasteiger partial charge in [-0.25, -0.2) is 0 Å². The molecule has 1 atom stereocenters. The maximum Gasteiger partial charge on any atom is 0.321 e. The van der Waals surface area contributed by atoms with Crippen LogP contribution in [0.2, 0.25) is 0 Å². The summed E-state index contributed by atoms with van der Waals surface area (Å²) in [7, 11) is 1.58. The highest BCUT2D eigenvalue weighted by atomic mass is 16.7. The summed E-state index contributed by atoms with van der Waals surface area (Å²) in [6, 6.07) is 15.7. The number of hydrogen-bond acceptors (Lipinski definition) is 8. The molecule has 0 aliphatic heterocycles. The van der Waals surface area contributed by atoms with E-state index >= 15 is 0 Å². The van der Waals surface area contributed by atoms with E-state index in [1.54, 1.807) is 39.2 Å². The number of rotatable bonds is 16. The highest BCUT2D eigenvalue weighted by Gasteiger charge is 2.46. The van der Waals surface area contributed by atoms with Crippen LogP contribution >= 0.6 is 0 Å². The molecule has 3 rings (SSSR count). The van der Waals surface area contributed by atoms with Crippen molar-refractivity contribution in [2.75, 3.05) is 40.1 Å². The number of carbonyl (C=O) groups is 2. The van der Waals surface area contributed by atoms with Gasteiger partial charge in [0.15, 0.2) is 23.7 Å². The van der Waals surface area contributed by atoms with Gasteiger partial charge < -0.3 is 28.4 Å². The summed E-state index contributed by atoms with van der Waals surface area (Å²) in [5, 5.41) is 0. The van der Waals surface area contributed by atoms with Gasteiger partial charge in [0, 0.05) is 18.6 Å². The van der Waals surface area contributed by atoms with Crippen LogP contribution in [-0.2, 0) is 34.0 Å². The van der Waals surface area contributed by atoms with Gasteiger partial charge in [0.25, 0.3) is 0 Å². The molecule has 0 amide bonds. The van der Waals surface area contributed by atoms with Gasteiger partial charge in [0.05, 0.1) is 32.8 Å². The minimum Gasteiger partial charge on any atom is -0.493 e. The van der Waals surface area contributed by atoms with Crippen LogP contribution in [-0.4, -0.2) is 58.4 Å². The Balaban J connectivity index is 2.01. The first-order chi connectivity index (χ1) is 18.4. The molecule has 0 heterocycles. The molecule has 0 N–H and O–H groups in total. The van der Waals surface area contributed by atoms with E-state index < -0.39 is 30.1 Å². The predicted molar refractivity (Wildman–Crippen MR) is 142 cm³/mol. The molecule has 1 fully saturated rings. The summed E-state index contributed by atoms with van der Waals surface area (Å²) < 4.78 is 34.4. The molecule has 0 aromatic heterocycles. The fraction of sp³-hybridized carbons (Fsp3) is 0.533. The molecule has 1 aliphatic carbocycles. The highest BCUT2D eigenvalue weighted by molar-refractivity contribution is 5.96. The highest BCUT2D eigenvalue weighted by Crippen LogP contribution is 2.49. The van der Waals surface area contributed by atoms with Crippen LogP contribution in [0.25, 0.3) is 0 Å². The fourth-order valence-corrected chi connectivity index (χ4v) is 4.63. The molecule has 8 heteroatoms. The second-order valence-corrected chi connectivity index (χ2v) is 9.13. The van der Waals surface area contributed by atoms with Gasteiger partial charge >= 0.3 is 11.9 Å². The van der Waals surface area contributed by atoms with Gasteiger partial charge in [-0.15, -0.1) is 0 Å². The van der Waals surface area contributed by atoms with Gasteiger partial charge in [-0.2, -0.15) is 0 Å². The van der Waals surface area contributed by atoms with Gasteiger partial charge in [-0.05, 0) is 63.8 Å². The van der Waals surface area contributed by atoms with Crippen molar-refractivity contribution < 1.29 is 38.0 Å². The van der Waals surface area contributed by atoms with Crippen molar-refractivity contribution in [3.05, 3.63) is 59.7 Å². The summed E-state index contributed by atoms with van der Waals surface area (Å²) >= 11 is 0. The molecule has 0 radical (unpaired) electrons. The van der Waals surface area contributed by atoms with Crippen molar-refractivity contribution >= 4 is 11.9 Å². The Labute approximate surface area is 225 Å². The first-order valence-electron chi connectivity index (χ1n) is 13.4. The van der Waals surface area contributed by atoms with E-state index in [-0.39, 0.29) is 18.6 Å². The monoisotopic (exact) mass is 528 g/mol. The number of esters is 2. The van der Waals surface area contributed by atoms with Crippen LogP contribution in [0.3, 0.4) is 0 Å². The molecule has 1 unspecified atom stereocenters. The lowest BCUT2D eigenvalue weighted by Gasteiger charge is -2.31. The van der Waals surface area contributed by atoms with Crippen molar-refractivity contribution in [3.8, 4) is 11.5 Å². The number of carbonyl (C=O) groups excluding carboxylic acids is 2. The Hall–Kier alpha value is -3.10. The quantitative estimate of drug-likeness (QED) is 0.170. The van der Waals surface area contributed by atoms with Crippen molar-refractivity contribution in [2.45, 2.75) is 58.2 Å². The van der Waals surface area contributed by atoms with Crippen molar-refractivity contribution in [1.29, 1.82) is 0 Å². The topological polar surface area (TPSA) is 89.5 Å². The molecule has 0 bridgehead atoms. The molecule has 38 heavy (non-hydrogen) atoms. The largest absolute Gasteiger partial charge is 0.493 e. The third kappa shape index (κ3) is 7.05. The average Bonchev–Trinajstić information content (AvgIpc) is 3.72. The van der Waals surface area contributed by atoms with Gasteiger partial charge in [0.1, 0.15) is 0 Å². The molecule has 0 spiro atoms. The third-order valence-electron chi connectivity index (χ3n) is 6.71. The number of ether oxygens (including phenoxy) is 6. The first kappa shape index (κ1) is 29.5. The molecule has 208 valence electrons. The summed E-state index contributed by atoms with van der Waals surface area (Å²) in [4.78, 5) is 26.3. The number of methoxy groups -OCH3 is 1. The van der Waals surface area contributed by atoms with Gasteiger partial charge in [-0.1, -0.05) is 36.4 Å². The number of benzene rings is 2. The van der Waals surface area contributed by atoms with Crippen molar-refractivity contribution in [2.24, 2.45) is 5.92 Å². The lowest BCUT2D eigenvalue weighted by Crippen LogP contribution is -2.41. The lowest BCUT2D eigenvalue weighted by atomic mass is 9.84. The van der Waals surface area contributed by atoms with Crippen LogP contribution < -0.4 is 9.47 Å². The Morgan fingerprint density at radius 3 is 1.92 bits per heavy atom. The standard InChI is InChI=1S/C30H40O8/c1-6-34-27(31)26(28(32)35-7-2)25(29(36-8-3)37-9-4)21-15-16-23(33-5)24(19-21)38-20-30(17-18-30)22-13-11-10-12-14-22/h10-16,19,25-26,29H,6-9,17-18,20H2,1-5H3. The SMILES string of the molecule is CCOC(=O)C(C(=O)OCC)C(c1ccc(OC)c(OCC2(c3ccccc3)CC2)c1)C(OCC)OCC. The smallest absolute Gasteiger partial charge is 0.321 e. The number of hydrogen-bond donors (Lipinski definition) is 0. The van der Waals surface area contributed by atoms with E-state index in [1.165, 1.54) is 5.56 Å². The van der Waals surface area contributed by atoms with E-state index in [2.05, 4.69) is 12.1 Å². The fourth-order valence-electron chi connectivity index (χ4n) is 4.63. The van der Waals surface area contributed by atoms with Crippen molar-refractivity contribution in [1.82, 2.24) is 0 Å². The zero-order valence-electron chi connectivity index (χ0n) is 23.1. The Morgan fingerprint density at radius 1 is 0.816 bits per heavy atom. The summed E-state index contributed by atoms with van der Waals surface area (Å²) in [6.45, 7) is 8.39. The molecule has 8 nitrogen and oxygen atoms in total. The second kappa shape index (κ2) is 14.2. The van der Waals surface area contributed by atoms with Crippen molar-refractivity contribution in [3.63, 3.8) is 0 Å². The molecule has 1 saturated carbocycles. The minimum atomic E-state index is -1.29. The van der Waals surface area contributed by atoms with Gasteiger partial charge in [0.2, 0.25) is 0 Å². The predicted octanol–water partition coefficient (Wildman–Crippen LogP) is 5.03. The average molecular weight is 529 g/mol. The van der Waals surface area contributed by atoms with E-state index in [4.69, 9.17) is 28.4 Å². The summed E-state index contributed by atoms with van der Waals surface area (Å²) in [5.41, 5.74) is 1.81. The van der Waals surface area contributed by atoms with Crippen LogP contribution in [0, 0.1) is 5.92 Å². The maximum absolute atomic E-state index is 13.1. The summed E-state index contributed by atoms with van der Waals surface area (Å²) in [6.07, 6.45) is 1.17. The molecule has 2 aromatic carbocycles. The van der Waals surface area contributed by atoms with Crippen LogP contribution in [0.4, 0.5) is 0 Å². The van der Waals surface area contributed by atoms with E-state index in [0.717, 1.165) is 12.8 Å². The Morgan fingerprint density at radius 2 is 1.42 bits per heavy atom. The third-order valence-corrected chi connectivity index (χ3v) is 6.71. The second-order valence-electron chi connectivity index (χ2n) is 9.13. The van der Waals surface area contributed by atoms with Crippen LogP contribution in [0.15, 0.2) is 48.5 Å². The maximum atomic E-state index is 13.1. The molecular formula is C30H40O8. The van der Waals surface area contributed by atoms with E-state index in [1.807, 2.05) is 32.0 Å². The first-order valence-corrected chi connectivity index (χ1v) is 13.4. The lowest BCUT2D eigenvalue weighted by molar-refractivity contribution is -0.183. The zero-order valence-corrected chi connectivity index (χ0v) is 23.1. The Kier molecular flexibility index (Phi) is 11.0. The summed E-state index contributed by atoms with van der Waals surface area (Å²) in [5.74, 6) is -2.47. The molecule has 1 aliphatic rings. The zero-order chi connectivity index (χ0) is 27.5. The van der Waals surface area contributed by atoms with E-state index in [9.17, 15) is 9.59 Å². The normalized spacial score (nSPS) is 14.7. The Bertz CT molecular complexity index is 1010. The van der Waals surface area contributed by atoms with Gasteiger partial charge in [-0.3, -0.25) is 9.59 Å². The molecule has 0 saturated heterocycles. The molecule has 2 aromatic rings. The van der Waals surface area contributed by atoms with Crippen LogP contribution in [0.5, 0.6) is 11.5 Å².